The van der Waals surface area contributed by atoms with E-state index in [9.17, 15) is 24.3 Å². The summed E-state index contributed by atoms with van der Waals surface area (Å²) in [6.45, 7) is 0.0587. The van der Waals surface area contributed by atoms with E-state index in [2.05, 4.69) is 0 Å². The molecular formula is C22H18N2O6. The summed E-state index contributed by atoms with van der Waals surface area (Å²) in [6, 6.07) is 17.8. The average Bonchev–Trinajstić information content (AvgIpc) is 2.74. The lowest BCUT2D eigenvalue weighted by Gasteiger charge is -2.13. The number of aromatic nitrogens is 2. The number of aliphatic hydroxyl groups excluding tert-OH is 1. The zero-order valence-electron chi connectivity index (χ0n) is 15.8. The van der Waals surface area contributed by atoms with Crippen LogP contribution in [0.25, 0.3) is 5.76 Å². The molecule has 0 atom stereocenters. The molecule has 0 fully saturated rings. The Balaban J connectivity index is 2.16. The van der Waals surface area contributed by atoms with Gasteiger partial charge >= 0.3 is 11.7 Å². The van der Waals surface area contributed by atoms with Crippen LogP contribution in [-0.4, -0.2) is 31.1 Å². The normalized spacial score (nSPS) is 11.3. The van der Waals surface area contributed by atoms with E-state index in [0.717, 1.165) is 16.3 Å². The summed E-state index contributed by atoms with van der Waals surface area (Å²) in [5.41, 5.74) is -0.323. The second-order valence-corrected chi connectivity index (χ2v) is 6.51. The third-order valence-corrected chi connectivity index (χ3v) is 4.37. The molecule has 0 spiro atoms. The molecule has 3 aromatic rings. The van der Waals surface area contributed by atoms with Gasteiger partial charge in [-0.1, -0.05) is 60.7 Å². The van der Waals surface area contributed by atoms with Crippen LogP contribution in [0.2, 0.25) is 0 Å². The van der Waals surface area contributed by atoms with Crippen molar-refractivity contribution in [2.45, 2.75) is 13.1 Å². The van der Waals surface area contributed by atoms with Crippen LogP contribution in [-0.2, 0) is 22.7 Å². The van der Waals surface area contributed by atoms with Crippen LogP contribution < -0.4 is 11.2 Å². The topological polar surface area (TPSA) is 119 Å². The van der Waals surface area contributed by atoms with Gasteiger partial charge in [0.1, 0.15) is 5.76 Å². The summed E-state index contributed by atoms with van der Waals surface area (Å²) in [6.07, 6.45) is 1.57. The van der Waals surface area contributed by atoms with Crippen molar-refractivity contribution in [3.05, 3.63) is 110 Å². The van der Waals surface area contributed by atoms with Crippen molar-refractivity contribution in [2.24, 2.45) is 0 Å². The zero-order valence-corrected chi connectivity index (χ0v) is 15.8. The van der Waals surface area contributed by atoms with E-state index in [1.165, 1.54) is 4.57 Å². The van der Waals surface area contributed by atoms with Gasteiger partial charge in [-0.15, -0.1) is 0 Å². The first-order valence-electron chi connectivity index (χ1n) is 8.97. The number of hydrogen-bond acceptors (Lipinski definition) is 5. The molecule has 0 aliphatic carbocycles. The highest BCUT2D eigenvalue weighted by Gasteiger charge is 2.18. The monoisotopic (exact) mass is 406 g/mol. The van der Waals surface area contributed by atoms with Gasteiger partial charge < -0.3 is 10.2 Å². The molecular weight excluding hydrogens is 388 g/mol. The highest BCUT2D eigenvalue weighted by Crippen LogP contribution is 2.08. The molecule has 8 nitrogen and oxygen atoms in total. The minimum absolute atomic E-state index is 0.0543. The lowest BCUT2D eigenvalue weighted by atomic mass is 10.2. The summed E-state index contributed by atoms with van der Waals surface area (Å²) in [4.78, 5) is 48.1. The van der Waals surface area contributed by atoms with E-state index in [0.29, 0.717) is 11.6 Å². The smallest absolute Gasteiger partial charge is 0.376 e. The molecule has 8 heteroatoms. The SMILES string of the molecule is O=C(O)C(=O)/C=C(\O)c1cn(Cc2ccccc2)c(=O)n(Cc2ccccc2)c1=O. The first-order valence-corrected chi connectivity index (χ1v) is 8.97. The van der Waals surface area contributed by atoms with Crippen molar-refractivity contribution in [3.63, 3.8) is 0 Å². The maximum Gasteiger partial charge on any atom is 0.376 e. The van der Waals surface area contributed by atoms with Gasteiger partial charge in [0.05, 0.1) is 18.7 Å². The predicted octanol–water partition coefficient (Wildman–Crippen LogP) is 1.66. The second-order valence-electron chi connectivity index (χ2n) is 6.51. The molecule has 0 unspecified atom stereocenters. The highest BCUT2D eigenvalue weighted by atomic mass is 16.4. The molecule has 2 N–H and O–H groups in total. The predicted molar refractivity (Wildman–Crippen MR) is 109 cm³/mol. The van der Waals surface area contributed by atoms with Crippen LogP contribution in [0.5, 0.6) is 0 Å². The van der Waals surface area contributed by atoms with Crippen molar-refractivity contribution in [3.8, 4) is 0 Å². The lowest BCUT2D eigenvalue weighted by molar-refractivity contribution is -0.146. The molecule has 0 bridgehead atoms. The van der Waals surface area contributed by atoms with Gasteiger partial charge in [-0.05, 0) is 11.1 Å². The molecule has 152 valence electrons. The fourth-order valence-electron chi connectivity index (χ4n) is 2.89. The summed E-state index contributed by atoms with van der Waals surface area (Å²) < 4.78 is 2.16. The number of benzene rings is 2. The average molecular weight is 406 g/mol. The van der Waals surface area contributed by atoms with Gasteiger partial charge in [-0.25, -0.2) is 9.59 Å². The van der Waals surface area contributed by atoms with E-state index in [1.807, 2.05) is 6.07 Å². The number of aliphatic carboxylic acids is 1. The number of aliphatic hydroxyl groups is 1. The molecule has 0 saturated heterocycles. The number of ketones is 1. The van der Waals surface area contributed by atoms with Crippen molar-refractivity contribution in [2.75, 3.05) is 0 Å². The van der Waals surface area contributed by atoms with Gasteiger partial charge in [0.2, 0.25) is 0 Å². The standard InChI is InChI=1S/C22H18N2O6/c25-18(11-19(26)21(28)29)17-14-23(12-15-7-3-1-4-8-15)22(30)24(20(17)27)13-16-9-5-2-6-10-16/h1-11,14,25H,12-13H2,(H,28,29)/b18-11-. The molecule has 0 radical (unpaired) electrons. The minimum atomic E-state index is -1.77. The Morgan fingerprint density at radius 3 is 1.90 bits per heavy atom. The Bertz CT molecular complexity index is 1220. The number of carboxylic acids is 1. The Morgan fingerprint density at radius 2 is 1.37 bits per heavy atom. The van der Waals surface area contributed by atoms with E-state index in [4.69, 9.17) is 5.11 Å². The lowest BCUT2D eigenvalue weighted by Crippen LogP contribution is -2.41. The maximum absolute atomic E-state index is 13.0. The maximum atomic E-state index is 13.0. The van der Waals surface area contributed by atoms with Crippen molar-refractivity contribution < 1.29 is 19.8 Å². The van der Waals surface area contributed by atoms with Gasteiger partial charge in [0, 0.05) is 12.3 Å². The Morgan fingerprint density at radius 1 is 0.833 bits per heavy atom. The first-order chi connectivity index (χ1) is 14.4. The molecule has 0 aliphatic heterocycles. The molecule has 1 aromatic heterocycles. The van der Waals surface area contributed by atoms with E-state index >= 15 is 0 Å². The zero-order chi connectivity index (χ0) is 21.7. The molecule has 2 aromatic carbocycles. The van der Waals surface area contributed by atoms with Crippen molar-refractivity contribution >= 4 is 17.5 Å². The van der Waals surface area contributed by atoms with Crippen LogP contribution in [0.1, 0.15) is 16.7 Å². The number of carboxylic acid groups (broad SMARTS) is 1. The van der Waals surface area contributed by atoms with Crippen molar-refractivity contribution in [1.29, 1.82) is 0 Å². The first kappa shape index (κ1) is 20.5. The molecule has 30 heavy (non-hydrogen) atoms. The fraction of sp³-hybridized carbons (Fsp3) is 0.0909. The van der Waals surface area contributed by atoms with E-state index < -0.39 is 28.8 Å². The Kier molecular flexibility index (Phi) is 6.07. The number of hydrogen-bond donors (Lipinski definition) is 2. The fourth-order valence-corrected chi connectivity index (χ4v) is 2.89. The van der Waals surface area contributed by atoms with Crippen LogP contribution in [0.15, 0.2) is 82.5 Å². The van der Waals surface area contributed by atoms with E-state index in [1.54, 1.807) is 54.6 Å². The van der Waals surface area contributed by atoms with Gasteiger partial charge in [0.15, 0.2) is 0 Å². The van der Waals surface area contributed by atoms with Crippen molar-refractivity contribution in [1.82, 2.24) is 9.13 Å². The quantitative estimate of drug-likeness (QED) is 0.350. The molecule has 3 rings (SSSR count). The second kappa shape index (κ2) is 8.87. The molecule has 0 amide bonds. The van der Waals surface area contributed by atoms with Gasteiger partial charge in [-0.3, -0.25) is 18.7 Å². The largest absolute Gasteiger partial charge is 0.507 e. The van der Waals surface area contributed by atoms with Gasteiger partial charge in [-0.2, -0.15) is 0 Å². The third-order valence-electron chi connectivity index (χ3n) is 4.37. The van der Waals surface area contributed by atoms with E-state index in [-0.39, 0.29) is 18.7 Å². The number of carbonyl (C=O) groups is 2. The number of nitrogens with zero attached hydrogens (tertiary/aromatic N) is 2. The number of carbonyl (C=O) groups excluding carboxylic acids is 1. The molecule has 0 aliphatic rings. The van der Waals surface area contributed by atoms with Crippen LogP contribution in [0.4, 0.5) is 0 Å². The van der Waals surface area contributed by atoms with Crippen LogP contribution >= 0.6 is 0 Å². The van der Waals surface area contributed by atoms with Crippen LogP contribution in [0, 0.1) is 0 Å². The summed E-state index contributed by atoms with van der Waals surface area (Å²) in [7, 11) is 0. The van der Waals surface area contributed by atoms with Gasteiger partial charge in [0.25, 0.3) is 11.3 Å². The minimum Gasteiger partial charge on any atom is -0.507 e. The highest BCUT2D eigenvalue weighted by molar-refractivity contribution is 6.38. The Labute approximate surface area is 170 Å². The molecule has 1 heterocycles. The summed E-state index contributed by atoms with van der Waals surface area (Å²) in [5, 5.41) is 19.0. The Hall–Kier alpha value is -4.20. The summed E-state index contributed by atoms with van der Waals surface area (Å²) >= 11 is 0. The molecule has 0 saturated carbocycles. The van der Waals surface area contributed by atoms with Crippen LogP contribution in [0.3, 0.4) is 0 Å². The third kappa shape index (κ3) is 4.61. The number of rotatable bonds is 7. The summed E-state index contributed by atoms with van der Waals surface area (Å²) in [5.74, 6) is -3.98.